The van der Waals surface area contributed by atoms with Crippen molar-refractivity contribution >= 4 is 11.7 Å². The van der Waals surface area contributed by atoms with Gasteiger partial charge in [0.15, 0.2) is 0 Å². The summed E-state index contributed by atoms with van der Waals surface area (Å²) in [5.74, 6) is 0.745. The second-order valence-corrected chi connectivity index (χ2v) is 7.01. The molecule has 0 bridgehead atoms. The van der Waals surface area contributed by atoms with Crippen molar-refractivity contribution in [2.75, 3.05) is 18.5 Å². The number of hydrogen-bond donors (Lipinski definition) is 1. The molecule has 0 spiro atoms. The fourth-order valence-corrected chi connectivity index (χ4v) is 3.14. The third-order valence-corrected chi connectivity index (χ3v) is 4.83. The lowest BCUT2D eigenvalue weighted by Crippen LogP contribution is -2.40. The first-order valence-corrected chi connectivity index (χ1v) is 8.92. The first-order chi connectivity index (χ1) is 12.2. The smallest absolute Gasteiger partial charge is 0.322 e. The summed E-state index contributed by atoms with van der Waals surface area (Å²) in [5.41, 5.74) is 4.00. The first-order valence-electron chi connectivity index (χ1n) is 8.92. The van der Waals surface area contributed by atoms with Gasteiger partial charge in [-0.25, -0.2) is 9.78 Å². The third-order valence-electron chi connectivity index (χ3n) is 4.83. The molecule has 1 aromatic heterocycles. The maximum Gasteiger partial charge on any atom is 0.322 e. The molecule has 1 N–H and O–H groups in total. The van der Waals surface area contributed by atoms with E-state index in [1.807, 2.05) is 42.4 Å². The molecule has 1 fully saturated rings. The van der Waals surface area contributed by atoms with Crippen LogP contribution in [0.15, 0.2) is 30.6 Å². The molecule has 0 unspecified atom stereocenters. The summed E-state index contributed by atoms with van der Waals surface area (Å²) in [4.78, 5) is 18.9. The largest absolute Gasteiger partial charge is 0.375 e. The number of carbonyl (C=O) groups excluding carboxylic acids is 1. The molecule has 2 aromatic rings. The van der Waals surface area contributed by atoms with Gasteiger partial charge >= 0.3 is 6.03 Å². The van der Waals surface area contributed by atoms with E-state index < -0.39 is 0 Å². The van der Waals surface area contributed by atoms with Crippen LogP contribution in [0.3, 0.4) is 0 Å². The monoisotopic (exact) mass is 340 g/mol. The summed E-state index contributed by atoms with van der Waals surface area (Å²) < 4.78 is 7.91. The van der Waals surface area contributed by atoms with Crippen LogP contribution in [0.5, 0.6) is 0 Å². The van der Waals surface area contributed by atoms with E-state index >= 15 is 0 Å². The minimum absolute atomic E-state index is 0.0668. The highest BCUT2D eigenvalue weighted by atomic mass is 16.5. The molecule has 1 saturated carbocycles. The van der Waals surface area contributed by atoms with E-state index in [1.165, 1.54) is 12.8 Å². The molecule has 25 heavy (non-hydrogen) atoms. The molecule has 4 rings (SSSR count). The van der Waals surface area contributed by atoms with Gasteiger partial charge in [0.05, 0.1) is 30.9 Å². The Labute approximate surface area is 147 Å². The number of fused-ring (bicyclic) bond motifs is 1. The van der Waals surface area contributed by atoms with E-state index in [2.05, 4.69) is 14.9 Å². The van der Waals surface area contributed by atoms with E-state index in [4.69, 9.17) is 4.74 Å². The molecule has 1 aliphatic heterocycles. The van der Waals surface area contributed by atoms with Crippen molar-refractivity contribution in [1.82, 2.24) is 14.5 Å². The predicted molar refractivity (Wildman–Crippen MR) is 95.2 cm³/mol. The molecule has 6 heteroatoms. The van der Waals surface area contributed by atoms with Crippen LogP contribution in [0.2, 0.25) is 0 Å². The fourth-order valence-electron chi connectivity index (χ4n) is 3.14. The number of nitrogens with one attached hydrogen (secondary N) is 1. The van der Waals surface area contributed by atoms with Gasteiger partial charge in [0, 0.05) is 25.4 Å². The summed E-state index contributed by atoms with van der Waals surface area (Å²) in [5, 5.41) is 2.99. The number of imidazole rings is 1. The van der Waals surface area contributed by atoms with Crippen LogP contribution in [0.25, 0.3) is 0 Å². The van der Waals surface area contributed by atoms with Crippen LogP contribution in [0.1, 0.15) is 29.8 Å². The average Bonchev–Trinajstić information content (AvgIpc) is 3.34. The van der Waals surface area contributed by atoms with Gasteiger partial charge in [-0.2, -0.15) is 0 Å². The van der Waals surface area contributed by atoms with E-state index in [1.54, 1.807) is 0 Å². The number of benzene rings is 1. The lowest BCUT2D eigenvalue weighted by molar-refractivity contribution is 0.107. The zero-order chi connectivity index (χ0) is 17.2. The molecule has 1 aromatic carbocycles. The number of nitrogens with zero attached hydrogens (tertiary/aromatic N) is 3. The normalized spacial score (nSPS) is 16.6. The molecular formula is C19H24N4O2. The van der Waals surface area contributed by atoms with Gasteiger partial charge in [-0.1, -0.05) is 12.1 Å². The van der Waals surface area contributed by atoms with Crippen molar-refractivity contribution in [2.24, 2.45) is 5.92 Å². The Morgan fingerprint density at radius 1 is 1.36 bits per heavy atom. The molecule has 0 radical (unpaired) electrons. The van der Waals surface area contributed by atoms with Crippen LogP contribution >= 0.6 is 0 Å². The highest BCUT2D eigenvalue weighted by Crippen LogP contribution is 2.29. The van der Waals surface area contributed by atoms with Crippen molar-refractivity contribution in [3.05, 3.63) is 47.5 Å². The predicted octanol–water partition coefficient (Wildman–Crippen LogP) is 3.17. The molecule has 2 aliphatic rings. The van der Waals surface area contributed by atoms with Crippen molar-refractivity contribution in [2.45, 2.75) is 39.5 Å². The molecule has 6 nitrogen and oxygen atoms in total. The molecule has 2 heterocycles. The number of hydrogen-bond acceptors (Lipinski definition) is 3. The number of rotatable bonds is 5. The minimum atomic E-state index is -0.0668. The lowest BCUT2D eigenvalue weighted by Gasteiger charge is -2.29. The maximum atomic E-state index is 12.6. The number of amides is 2. The number of urea groups is 1. The van der Waals surface area contributed by atoms with Gasteiger partial charge in [0.25, 0.3) is 0 Å². The van der Waals surface area contributed by atoms with Crippen molar-refractivity contribution in [3.63, 3.8) is 0 Å². The van der Waals surface area contributed by atoms with Crippen LogP contribution in [0, 0.1) is 12.8 Å². The Bertz CT molecular complexity index is 767. The Hall–Kier alpha value is -2.34. The molecule has 0 atom stereocenters. The van der Waals surface area contributed by atoms with E-state index in [9.17, 15) is 4.79 Å². The van der Waals surface area contributed by atoms with Crippen molar-refractivity contribution < 1.29 is 9.53 Å². The van der Waals surface area contributed by atoms with Gasteiger partial charge in [-0.05, 0) is 43.4 Å². The average molecular weight is 340 g/mol. The third kappa shape index (κ3) is 3.85. The molecule has 132 valence electrons. The number of aryl methyl sites for hydroxylation is 1. The summed E-state index contributed by atoms with van der Waals surface area (Å²) in [6, 6.07) is 7.79. The fraction of sp³-hybridized carbons (Fsp3) is 0.474. The Morgan fingerprint density at radius 2 is 2.24 bits per heavy atom. The molecule has 0 saturated heterocycles. The Balaban J connectivity index is 1.39. The number of carbonyl (C=O) groups is 1. The van der Waals surface area contributed by atoms with Crippen LogP contribution < -0.4 is 5.32 Å². The number of aromatic nitrogens is 2. The second-order valence-electron chi connectivity index (χ2n) is 7.01. The Kier molecular flexibility index (Phi) is 4.44. The van der Waals surface area contributed by atoms with E-state index in [0.717, 1.165) is 41.7 Å². The zero-order valence-electron chi connectivity index (χ0n) is 14.6. The zero-order valence-corrected chi connectivity index (χ0v) is 14.6. The highest BCUT2D eigenvalue weighted by molar-refractivity contribution is 5.89. The van der Waals surface area contributed by atoms with Gasteiger partial charge in [-0.3, -0.25) is 0 Å². The Morgan fingerprint density at radius 3 is 3.04 bits per heavy atom. The van der Waals surface area contributed by atoms with Crippen LogP contribution in [-0.2, 0) is 24.4 Å². The topological polar surface area (TPSA) is 59.4 Å². The van der Waals surface area contributed by atoms with E-state index in [-0.39, 0.29) is 6.03 Å². The second kappa shape index (κ2) is 6.88. The van der Waals surface area contributed by atoms with Gasteiger partial charge in [0.1, 0.15) is 0 Å². The highest BCUT2D eigenvalue weighted by Gasteiger charge is 2.25. The van der Waals surface area contributed by atoms with Gasteiger partial charge in [-0.15, -0.1) is 0 Å². The van der Waals surface area contributed by atoms with E-state index in [0.29, 0.717) is 19.7 Å². The summed E-state index contributed by atoms with van der Waals surface area (Å²) >= 11 is 0. The summed E-state index contributed by atoms with van der Waals surface area (Å²) in [6.45, 7) is 5.40. The summed E-state index contributed by atoms with van der Waals surface area (Å²) in [7, 11) is 0. The SMILES string of the molecule is Cc1cccc(NC(=O)N2CCn3cnc(COCC4CC4)c3C2)c1. The quantitative estimate of drug-likeness (QED) is 0.909. The van der Waals surface area contributed by atoms with Gasteiger partial charge < -0.3 is 19.5 Å². The van der Waals surface area contributed by atoms with Crippen LogP contribution in [0.4, 0.5) is 10.5 Å². The van der Waals surface area contributed by atoms with Gasteiger partial charge in [0.2, 0.25) is 0 Å². The maximum absolute atomic E-state index is 12.6. The molecular weight excluding hydrogens is 316 g/mol. The molecule has 2 amide bonds. The number of ether oxygens (including phenoxy) is 1. The standard InChI is InChI=1S/C19H24N4O2/c1-14-3-2-4-16(9-14)21-19(24)22-7-8-23-13-20-17(18(23)10-22)12-25-11-15-5-6-15/h2-4,9,13,15H,5-8,10-12H2,1H3,(H,21,24). The molecule has 1 aliphatic carbocycles. The first kappa shape index (κ1) is 16.1. The van der Waals surface area contributed by atoms with Crippen LogP contribution in [-0.4, -0.2) is 33.6 Å². The lowest BCUT2D eigenvalue weighted by atomic mass is 10.2. The van der Waals surface area contributed by atoms with Crippen molar-refractivity contribution in [3.8, 4) is 0 Å². The summed E-state index contributed by atoms with van der Waals surface area (Å²) in [6.07, 6.45) is 4.43. The minimum Gasteiger partial charge on any atom is -0.375 e. The number of anilines is 1. The van der Waals surface area contributed by atoms with Crippen molar-refractivity contribution in [1.29, 1.82) is 0 Å².